The largest absolute Gasteiger partial charge is 0.273 e. The summed E-state index contributed by atoms with van der Waals surface area (Å²) in [6.07, 6.45) is -0.582. The molecule has 0 heterocycles. The molecule has 0 aliphatic rings. The van der Waals surface area contributed by atoms with Gasteiger partial charge in [0.15, 0.2) is 0 Å². The fourth-order valence-corrected chi connectivity index (χ4v) is 3.32. The lowest BCUT2D eigenvalue weighted by Crippen LogP contribution is -2.39. The quantitative estimate of drug-likeness (QED) is 0.290. The minimum Gasteiger partial charge on any atom is -0.273 e. The third-order valence-corrected chi connectivity index (χ3v) is 5.35. The van der Waals surface area contributed by atoms with Crippen LogP contribution in [-0.4, -0.2) is 23.4 Å². The summed E-state index contributed by atoms with van der Waals surface area (Å²) in [5.41, 5.74) is 5.12. The van der Waals surface area contributed by atoms with Crippen molar-refractivity contribution >= 4 is 52.3 Å². The van der Waals surface area contributed by atoms with Crippen molar-refractivity contribution in [3.63, 3.8) is 0 Å². The summed E-state index contributed by atoms with van der Waals surface area (Å²) in [6.45, 7) is 3.60. The number of hydrazone groups is 1. The molecule has 3 aromatic carbocycles. The van der Waals surface area contributed by atoms with Crippen LogP contribution in [-0.2, 0) is 9.59 Å². The van der Waals surface area contributed by atoms with Crippen LogP contribution in [0.3, 0.4) is 0 Å². The third-order valence-electron chi connectivity index (χ3n) is 4.77. The summed E-state index contributed by atoms with van der Waals surface area (Å²) in [7, 11) is 0. The van der Waals surface area contributed by atoms with E-state index < -0.39 is 24.1 Å². The molecule has 3 rings (SSSR count). The Kier molecular flexibility index (Phi) is 7.98. The van der Waals surface area contributed by atoms with Gasteiger partial charge in [0.1, 0.15) is 6.42 Å². The van der Waals surface area contributed by atoms with Crippen molar-refractivity contribution in [3.05, 3.63) is 99.5 Å². The SMILES string of the molecule is C/C(=N/NC(=O)CC(=O)N(C(=O)c1ccccc1Cl)c1ccc(C)cc1)c1ccc(Cl)cc1. The molecule has 3 aromatic rings. The van der Waals surface area contributed by atoms with Gasteiger partial charge in [-0.1, -0.05) is 65.2 Å². The van der Waals surface area contributed by atoms with Gasteiger partial charge >= 0.3 is 0 Å². The van der Waals surface area contributed by atoms with Crippen molar-refractivity contribution in [2.24, 2.45) is 5.10 Å². The lowest BCUT2D eigenvalue weighted by atomic mass is 10.1. The van der Waals surface area contributed by atoms with Gasteiger partial charge in [0, 0.05) is 5.02 Å². The summed E-state index contributed by atoms with van der Waals surface area (Å²) in [5.74, 6) is -1.99. The zero-order chi connectivity index (χ0) is 24.0. The highest BCUT2D eigenvalue weighted by Gasteiger charge is 2.27. The number of nitrogens with one attached hydrogen (secondary N) is 1. The van der Waals surface area contributed by atoms with Gasteiger partial charge in [-0.3, -0.25) is 14.4 Å². The van der Waals surface area contributed by atoms with Crippen molar-refractivity contribution < 1.29 is 14.4 Å². The fourth-order valence-electron chi connectivity index (χ4n) is 2.98. The van der Waals surface area contributed by atoms with Crippen LogP contribution >= 0.6 is 23.2 Å². The predicted molar refractivity (Wildman–Crippen MR) is 131 cm³/mol. The minimum atomic E-state index is -0.708. The average Bonchev–Trinajstić information content (AvgIpc) is 2.79. The summed E-state index contributed by atoms with van der Waals surface area (Å²) in [4.78, 5) is 39.6. The first-order chi connectivity index (χ1) is 15.8. The number of carbonyl (C=O) groups is 3. The Morgan fingerprint density at radius 1 is 0.909 bits per heavy atom. The molecule has 8 heteroatoms. The summed E-state index contributed by atoms with van der Waals surface area (Å²) < 4.78 is 0. The van der Waals surface area contributed by atoms with Gasteiger partial charge in [-0.25, -0.2) is 10.3 Å². The number of aryl methyl sites for hydroxylation is 1. The van der Waals surface area contributed by atoms with Gasteiger partial charge in [-0.2, -0.15) is 5.10 Å². The molecule has 3 amide bonds. The zero-order valence-electron chi connectivity index (χ0n) is 18.0. The second-order valence-electron chi connectivity index (χ2n) is 7.27. The van der Waals surface area contributed by atoms with Gasteiger partial charge in [0.2, 0.25) is 11.8 Å². The molecule has 33 heavy (non-hydrogen) atoms. The highest BCUT2D eigenvalue weighted by Crippen LogP contribution is 2.23. The Morgan fingerprint density at radius 3 is 2.18 bits per heavy atom. The molecular weight excluding hydrogens is 461 g/mol. The predicted octanol–water partition coefficient (Wildman–Crippen LogP) is 5.41. The molecule has 0 unspecified atom stereocenters. The maximum atomic E-state index is 13.2. The molecule has 0 aliphatic carbocycles. The van der Waals surface area contributed by atoms with Crippen molar-refractivity contribution in [1.82, 2.24) is 5.43 Å². The Labute approximate surface area is 201 Å². The Hall–Kier alpha value is -3.48. The van der Waals surface area contributed by atoms with E-state index in [2.05, 4.69) is 10.5 Å². The standard InChI is InChI=1S/C25H21Cl2N3O3/c1-16-7-13-20(14-8-16)30(25(33)21-5-3-4-6-22(21)27)24(32)15-23(31)29-28-17(2)18-9-11-19(26)12-10-18/h3-14H,15H2,1-2H3,(H,29,31)/b28-17-. The van der Waals surface area contributed by atoms with E-state index >= 15 is 0 Å². The molecule has 0 fully saturated rings. The third kappa shape index (κ3) is 6.28. The van der Waals surface area contributed by atoms with E-state index in [4.69, 9.17) is 23.2 Å². The fraction of sp³-hybridized carbons (Fsp3) is 0.120. The number of imide groups is 1. The molecule has 168 valence electrons. The van der Waals surface area contributed by atoms with Crippen LogP contribution in [0.15, 0.2) is 77.9 Å². The van der Waals surface area contributed by atoms with Gasteiger partial charge in [0.25, 0.3) is 5.91 Å². The molecule has 0 saturated carbocycles. The van der Waals surface area contributed by atoms with Crippen LogP contribution in [0.4, 0.5) is 5.69 Å². The first-order valence-corrected chi connectivity index (χ1v) is 10.8. The van der Waals surface area contributed by atoms with Crippen LogP contribution < -0.4 is 10.3 Å². The van der Waals surface area contributed by atoms with E-state index in [0.29, 0.717) is 16.4 Å². The summed E-state index contributed by atoms with van der Waals surface area (Å²) in [5, 5.41) is 4.83. The molecule has 0 radical (unpaired) electrons. The maximum Gasteiger partial charge on any atom is 0.266 e. The minimum absolute atomic E-state index is 0.158. The van der Waals surface area contributed by atoms with Crippen LogP contribution in [0.2, 0.25) is 10.0 Å². The average molecular weight is 482 g/mol. The van der Waals surface area contributed by atoms with Gasteiger partial charge < -0.3 is 0 Å². The van der Waals surface area contributed by atoms with Crippen molar-refractivity contribution in [2.45, 2.75) is 20.3 Å². The topological polar surface area (TPSA) is 78.8 Å². The molecule has 6 nitrogen and oxygen atoms in total. The molecular formula is C25H21Cl2N3O3. The van der Waals surface area contributed by atoms with Crippen LogP contribution in [0, 0.1) is 6.92 Å². The normalized spacial score (nSPS) is 11.1. The highest BCUT2D eigenvalue weighted by atomic mass is 35.5. The first-order valence-electron chi connectivity index (χ1n) is 10.0. The first kappa shape index (κ1) is 24.2. The molecule has 0 aromatic heterocycles. The summed E-state index contributed by atoms with van der Waals surface area (Å²) in [6, 6.07) is 20.2. The molecule has 0 spiro atoms. The number of carbonyl (C=O) groups excluding carboxylic acids is 3. The Morgan fingerprint density at radius 2 is 1.55 bits per heavy atom. The van der Waals surface area contributed by atoms with E-state index in [-0.39, 0.29) is 10.6 Å². The van der Waals surface area contributed by atoms with Crippen molar-refractivity contribution in [2.75, 3.05) is 4.90 Å². The molecule has 0 atom stereocenters. The number of hydrogen-bond donors (Lipinski definition) is 1. The number of benzene rings is 3. The highest BCUT2D eigenvalue weighted by molar-refractivity contribution is 6.36. The maximum absolute atomic E-state index is 13.2. The van der Waals surface area contributed by atoms with E-state index in [0.717, 1.165) is 16.0 Å². The van der Waals surface area contributed by atoms with Crippen molar-refractivity contribution in [3.8, 4) is 0 Å². The van der Waals surface area contributed by atoms with E-state index in [1.165, 1.54) is 6.07 Å². The second-order valence-corrected chi connectivity index (χ2v) is 8.11. The lowest BCUT2D eigenvalue weighted by Gasteiger charge is -2.21. The van der Waals surface area contributed by atoms with E-state index in [9.17, 15) is 14.4 Å². The van der Waals surface area contributed by atoms with Crippen LogP contribution in [0.25, 0.3) is 0 Å². The summed E-state index contributed by atoms with van der Waals surface area (Å²) >= 11 is 12.1. The van der Waals surface area contributed by atoms with Crippen LogP contribution in [0.5, 0.6) is 0 Å². The number of anilines is 1. The van der Waals surface area contributed by atoms with Crippen LogP contribution in [0.1, 0.15) is 34.8 Å². The zero-order valence-corrected chi connectivity index (χ0v) is 19.5. The van der Waals surface area contributed by atoms with E-state index in [1.54, 1.807) is 73.7 Å². The Bertz CT molecular complexity index is 1210. The van der Waals surface area contributed by atoms with Crippen molar-refractivity contribution in [1.29, 1.82) is 0 Å². The lowest BCUT2D eigenvalue weighted by molar-refractivity contribution is -0.127. The molecule has 0 saturated heterocycles. The number of nitrogens with zero attached hydrogens (tertiary/aromatic N) is 2. The molecule has 1 N–H and O–H groups in total. The van der Waals surface area contributed by atoms with E-state index in [1.807, 2.05) is 6.92 Å². The number of amides is 3. The van der Waals surface area contributed by atoms with Gasteiger partial charge in [-0.15, -0.1) is 0 Å². The molecule has 0 bridgehead atoms. The van der Waals surface area contributed by atoms with Gasteiger partial charge in [0.05, 0.1) is 22.0 Å². The molecule has 0 aliphatic heterocycles. The number of rotatable bonds is 6. The monoisotopic (exact) mass is 481 g/mol. The number of hydrogen-bond acceptors (Lipinski definition) is 4. The van der Waals surface area contributed by atoms with Gasteiger partial charge in [-0.05, 0) is 55.8 Å². The smallest absolute Gasteiger partial charge is 0.266 e. The number of halogens is 2. The second kappa shape index (κ2) is 10.9. The Balaban J connectivity index is 1.79.